The quantitative estimate of drug-likeness (QED) is 0.0956. The Morgan fingerprint density at radius 2 is 0.692 bits per heavy atom. The van der Waals surface area contributed by atoms with Crippen LogP contribution in [0.1, 0.15) is 205 Å². The zero-order chi connectivity index (χ0) is 28.2. The maximum absolute atomic E-state index is 4.49. The summed E-state index contributed by atoms with van der Waals surface area (Å²) in [4.78, 5) is 0. The first-order chi connectivity index (χ1) is 19.2. The highest BCUT2D eigenvalue weighted by Crippen LogP contribution is 2.25. The van der Waals surface area contributed by atoms with E-state index in [0.29, 0.717) is 0 Å². The minimum absolute atomic E-state index is 1.10. The van der Waals surface area contributed by atoms with Gasteiger partial charge in [0.1, 0.15) is 10.0 Å². The fraction of sp³-hybridized carbons (Fsp3) is 0.833. The summed E-state index contributed by atoms with van der Waals surface area (Å²) in [6.07, 6.45) is 41.0. The molecule has 0 aliphatic heterocycles. The third-order valence-corrected chi connectivity index (χ3v) is 9.31. The van der Waals surface area contributed by atoms with E-state index in [4.69, 9.17) is 0 Å². The molecule has 226 valence electrons. The maximum atomic E-state index is 4.49. The van der Waals surface area contributed by atoms with Gasteiger partial charge in [-0.15, -0.1) is 10.2 Å². The van der Waals surface area contributed by atoms with E-state index in [1.807, 2.05) is 0 Å². The van der Waals surface area contributed by atoms with Crippen molar-refractivity contribution in [3.8, 4) is 0 Å². The summed E-state index contributed by atoms with van der Waals surface area (Å²) in [6, 6.07) is 0. The van der Waals surface area contributed by atoms with Crippen LogP contribution >= 0.6 is 11.3 Å². The first-order valence-corrected chi connectivity index (χ1v) is 18.2. The van der Waals surface area contributed by atoms with Crippen molar-refractivity contribution in [2.75, 3.05) is 0 Å². The lowest BCUT2D eigenvalue weighted by molar-refractivity contribution is 0.545. The molecule has 2 nitrogen and oxygen atoms in total. The fourth-order valence-electron chi connectivity index (χ4n) is 5.32. The van der Waals surface area contributed by atoms with E-state index >= 15 is 0 Å². The van der Waals surface area contributed by atoms with Crippen molar-refractivity contribution in [2.24, 2.45) is 0 Å². The molecule has 1 aromatic heterocycles. The molecule has 0 bridgehead atoms. The average Bonchev–Trinajstić information content (AvgIpc) is 3.44. The van der Waals surface area contributed by atoms with Crippen LogP contribution in [0.15, 0.2) is 12.2 Å². The van der Waals surface area contributed by atoms with E-state index in [0.717, 1.165) is 10.0 Å². The molecule has 0 atom stereocenters. The van der Waals surface area contributed by atoms with Gasteiger partial charge in [0.15, 0.2) is 0 Å². The fourth-order valence-corrected chi connectivity index (χ4v) is 6.16. The van der Waals surface area contributed by atoms with E-state index in [2.05, 4.69) is 50.0 Å². The monoisotopic (exact) mass is 558 g/mol. The van der Waals surface area contributed by atoms with Gasteiger partial charge in [0, 0.05) is 0 Å². The molecule has 0 aromatic carbocycles. The van der Waals surface area contributed by atoms with Gasteiger partial charge in [-0.3, -0.25) is 0 Å². The van der Waals surface area contributed by atoms with Gasteiger partial charge < -0.3 is 0 Å². The Morgan fingerprint density at radius 1 is 0.436 bits per heavy atom. The normalized spacial score (nSPS) is 12.5. The van der Waals surface area contributed by atoms with Crippen LogP contribution in [0, 0.1) is 0 Å². The molecule has 0 saturated heterocycles. The number of allylic oxidation sites excluding steroid dienone is 4. The minimum Gasteiger partial charge on any atom is -0.138 e. The van der Waals surface area contributed by atoms with Crippen molar-refractivity contribution < 1.29 is 0 Å². The minimum atomic E-state index is 1.10. The molecule has 0 aliphatic rings. The molecule has 1 aromatic rings. The van der Waals surface area contributed by atoms with E-state index < -0.39 is 0 Å². The largest absolute Gasteiger partial charge is 0.143 e. The van der Waals surface area contributed by atoms with Crippen LogP contribution in [0.4, 0.5) is 0 Å². The van der Waals surface area contributed by atoms with Gasteiger partial charge in [-0.2, -0.15) is 0 Å². The highest BCUT2D eigenvalue weighted by atomic mass is 32.1. The highest BCUT2D eigenvalue weighted by Gasteiger charge is 2.07. The smallest absolute Gasteiger partial charge is 0.138 e. The molecule has 0 saturated carbocycles. The summed E-state index contributed by atoms with van der Waals surface area (Å²) in [5.74, 6) is 0. The second-order valence-corrected chi connectivity index (χ2v) is 13.0. The molecule has 3 heteroatoms. The lowest BCUT2D eigenvalue weighted by Gasteiger charge is -2.02. The Morgan fingerprint density at radius 3 is 0.974 bits per heavy atom. The van der Waals surface area contributed by atoms with Gasteiger partial charge in [0.25, 0.3) is 0 Å². The first-order valence-electron chi connectivity index (χ1n) is 17.4. The van der Waals surface area contributed by atoms with Crippen molar-refractivity contribution in [1.82, 2.24) is 10.2 Å². The Labute approximate surface area is 249 Å². The molecule has 1 heterocycles. The van der Waals surface area contributed by atoms with Crippen LogP contribution in [0.2, 0.25) is 0 Å². The van der Waals surface area contributed by atoms with Gasteiger partial charge in [-0.1, -0.05) is 179 Å². The average molecular weight is 559 g/mol. The van der Waals surface area contributed by atoms with Crippen molar-refractivity contribution in [3.05, 3.63) is 22.2 Å². The third kappa shape index (κ3) is 21.5. The van der Waals surface area contributed by atoms with Gasteiger partial charge in [0.05, 0.1) is 0 Å². The van der Waals surface area contributed by atoms with Gasteiger partial charge in [-0.05, 0) is 50.7 Å². The Bertz CT molecular complexity index is 659. The van der Waals surface area contributed by atoms with E-state index in [9.17, 15) is 0 Å². The van der Waals surface area contributed by atoms with Crippen LogP contribution in [0.3, 0.4) is 0 Å². The van der Waals surface area contributed by atoms with E-state index in [1.165, 1.54) is 178 Å². The molecule has 0 radical (unpaired) electrons. The van der Waals surface area contributed by atoms with Gasteiger partial charge in [0.2, 0.25) is 0 Å². The molecule has 0 unspecified atom stereocenters. The molecule has 0 aliphatic carbocycles. The molecule has 0 fully saturated rings. The molecular weight excluding hydrogens is 492 g/mol. The number of hydrogen-bond acceptors (Lipinski definition) is 3. The summed E-state index contributed by atoms with van der Waals surface area (Å²) >= 11 is 1.76. The maximum Gasteiger partial charge on any atom is 0.143 e. The third-order valence-electron chi connectivity index (χ3n) is 8.12. The summed E-state index contributed by atoms with van der Waals surface area (Å²) in [5.41, 5.74) is 2.60. The zero-order valence-electron chi connectivity index (χ0n) is 26.8. The lowest BCUT2D eigenvalue weighted by atomic mass is 10.0. The molecular formula is C36H66N2S. The number of nitrogens with zero attached hydrogens (tertiary/aromatic N) is 2. The molecule has 0 amide bonds. The van der Waals surface area contributed by atoms with Crippen molar-refractivity contribution in [2.45, 2.75) is 195 Å². The number of hydrogen-bond donors (Lipinski definition) is 0. The van der Waals surface area contributed by atoms with Crippen molar-refractivity contribution in [3.63, 3.8) is 0 Å². The Kier molecular flexibility index (Phi) is 25.2. The lowest BCUT2D eigenvalue weighted by Crippen LogP contribution is -1.83. The molecule has 39 heavy (non-hydrogen) atoms. The SMILES string of the molecule is CCCCCCCCCCCCCC/C=C(\C)c1nnc(/C(C)=C/CCCCCCCCCCCCCC)s1. The number of aromatic nitrogens is 2. The zero-order valence-corrected chi connectivity index (χ0v) is 27.7. The number of unbranched alkanes of at least 4 members (excludes halogenated alkanes) is 24. The summed E-state index contributed by atoms with van der Waals surface area (Å²) in [6.45, 7) is 9.00. The highest BCUT2D eigenvalue weighted by molar-refractivity contribution is 7.13. The predicted octanol–water partition coefficient (Wildman–Crippen LogP) is 13.5. The van der Waals surface area contributed by atoms with Crippen molar-refractivity contribution >= 4 is 22.5 Å². The topological polar surface area (TPSA) is 25.8 Å². The van der Waals surface area contributed by atoms with Crippen LogP contribution in [0.5, 0.6) is 0 Å². The van der Waals surface area contributed by atoms with Crippen molar-refractivity contribution in [1.29, 1.82) is 0 Å². The van der Waals surface area contributed by atoms with Crippen LogP contribution < -0.4 is 0 Å². The second-order valence-electron chi connectivity index (χ2n) is 12.0. The molecule has 0 spiro atoms. The molecule has 1 rings (SSSR count). The summed E-state index contributed by atoms with van der Waals surface area (Å²) in [7, 11) is 0. The Balaban J connectivity index is 2.05. The van der Waals surface area contributed by atoms with E-state index in [-0.39, 0.29) is 0 Å². The first kappa shape index (κ1) is 36.1. The van der Waals surface area contributed by atoms with Crippen LogP contribution in [-0.4, -0.2) is 10.2 Å². The standard InChI is InChI=1S/C36H66N2S/c1-5-7-9-11-13-15-17-19-21-23-25-27-29-31-33(3)35-37-38-36(39-35)34(4)32-30-28-26-24-22-20-18-16-14-12-10-8-6-2/h31-32H,5-30H2,1-4H3/b33-31+,34-32+. The van der Waals surface area contributed by atoms with Crippen LogP contribution in [0.25, 0.3) is 11.1 Å². The number of rotatable bonds is 28. The van der Waals surface area contributed by atoms with Gasteiger partial charge in [-0.25, -0.2) is 0 Å². The Hall–Kier alpha value is -0.960. The summed E-state index contributed by atoms with van der Waals surface area (Å²) < 4.78 is 0. The second kappa shape index (κ2) is 27.2. The van der Waals surface area contributed by atoms with Crippen LogP contribution in [-0.2, 0) is 0 Å². The van der Waals surface area contributed by atoms with Gasteiger partial charge >= 0.3 is 0 Å². The van der Waals surface area contributed by atoms with E-state index in [1.54, 1.807) is 11.3 Å². The molecule has 0 N–H and O–H groups in total. The summed E-state index contributed by atoms with van der Waals surface area (Å²) in [5, 5.41) is 11.2. The predicted molar refractivity (Wildman–Crippen MR) is 179 cm³/mol.